The molecule has 2 aromatic rings. The third-order valence-corrected chi connectivity index (χ3v) is 3.66. The van der Waals surface area contributed by atoms with E-state index in [2.05, 4.69) is 31.7 Å². The average molecular weight is 270 g/mol. The smallest absolute Gasteiger partial charge is 0.119 e. The topological polar surface area (TPSA) is 29.5 Å². The van der Waals surface area contributed by atoms with Gasteiger partial charge in [-0.05, 0) is 47.7 Å². The van der Waals surface area contributed by atoms with Gasteiger partial charge in [0.25, 0.3) is 0 Å². The first kappa shape index (κ1) is 14.6. The Hall–Kier alpha value is -1.80. The summed E-state index contributed by atoms with van der Waals surface area (Å²) in [6, 6.07) is 12.2. The first-order chi connectivity index (χ1) is 9.63. The third kappa shape index (κ3) is 3.40. The van der Waals surface area contributed by atoms with E-state index in [9.17, 15) is 5.11 Å². The van der Waals surface area contributed by atoms with Crippen molar-refractivity contribution in [3.05, 3.63) is 54.1 Å². The molecule has 1 atom stereocenters. The fourth-order valence-electron chi connectivity index (χ4n) is 2.43. The monoisotopic (exact) mass is 270 g/mol. The first-order valence-corrected chi connectivity index (χ1v) is 7.04. The molecule has 0 saturated carbocycles. The molecule has 1 N–H and O–H groups in total. The van der Waals surface area contributed by atoms with Crippen LogP contribution in [0.3, 0.4) is 0 Å². The van der Waals surface area contributed by atoms with Crippen LogP contribution in [0.2, 0.25) is 0 Å². The molecule has 0 aromatic heterocycles. The summed E-state index contributed by atoms with van der Waals surface area (Å²) in [5.41, 5.74) is 2.24. The van der Waals surface area contributed by atoms with Crippen molar-refractivity contribution in [2.45, 2.75) is 32.3 Å². The highest BCUT2D eigenvalue weighted by molar-refractivity contribution is 5.87. The molecule has 2 rings (SSSR count). The van der Waals surface area contributed by atoms with Gasteiger partial charge in [-0.15, -0.1) is 0 Å². The molecule has 106 valence electrons. The minimum Gasteiger partial charge on any atom is -0.497 e. The summed E-state index contributed by atoms with van der Waals surface area (Å²) in [5, 5.41) is 12.5. The summed E-state index contributed by atoms with van der Waals surface area (Å²) in [6.07, 6.45) is 1.85. The van der Waals surface area contributed by atoms with E-state index in [1.807, 2.05) is 18.2 Å². The summed E-state index contributed by atoms with van der Waals surface area (Å²) in [4.78, 5) is 0. The number of rotatable bonds is 6. The molecule has 1 unspecified atom stereocenters. The summed E-state index contributed by atoms with van der Waals surface area (Å²) >= 11 is 0. The number of aliphatic hydroxyl groups is 1. The van der Waals surface area contributed by atoms with Gasteiger partial charge in [0.15, 0.2) is 0 Å². The van der Waals surface area contributed by atoms with Crippen LogP contribution >= 0.6 is 0 Å². The standard InChI is InChI=1S/C18H22O2/c1-4-13(2)10-16(19)11-15-7-5-6-14-8-9-17(20-3)12-18(14)15/h5-9,12,16,19H,2,4,10-11H2,1,3H3. The maximum Gasteiger partial charge on any atom is 0.119 e. The van der Waals surface area contributed by atoms with Crippen molar-refractivity contribution in [1.82, 2.24) is 0 Å². The molecule has 0 aliphatic rings. The highest BCUT2D eigenvalue weighted by atomic mass is 16.5. The highest BCUT2D eigenvalue weighted by Gasteiger charge is 2.10. The average Bonchev–Trinajstić information content (AvgIpc) is 2.46. The molecule has 0 amide bonds. The number of fused-ring (bicyclic) bond motifs is 1. The summed E-state index contributed by atoms with van der Waals surface area (Å²) in [5.74, 6) is 0.845. The van der Waals surface area contributed by atoms with E-state index < -0.39 is 0 Å². The summed E-state index contributed by atoms with van der Waals surface area (Å²) in [7, 11) is 1.67. The maximum absolute atomic E-state index is 10.2. The van der Waals surface area contributed by atoms with Gasteiger partial charge < -0.3 is 9.84 Å². The van der Waals surface area contributed by atoms with Gasteiger partial charge in [-0.3, -0.25) is 0 Å². The predicted molar refractivity (Wildman–Crippen MR) is 84.3 cm³/mol. The van der Waals surface area contributed by atoms with Gasteiger partial charge in [-0.25, -0.2) is 0 Å². The molecule has 2 nitrogen and oxygen atoms in total. The van der Waals surface area contributed by atoms with Gasteiger partial charge in [0.2, 0.25) is 0 Å². The Morgan fingerprint density at radius 1 is 1.30 bits per heavy atom. The van der Waals surface area contributed by atoms with Crippen molar-refractivity contribution in [3.63, 3.8) is 0 Å². The Balaban J connectivity index is 2.27. The van der Waals surface area contributed by atoms with Crippen LogP contribution in [-0.4, -0.2) is 18.3 Å². The molecule has 0 saturated heterocycles. The third-order valence-electron chi connectivity index (χ3n) is 3.66. The Bertz CT molecular complexity index is 601. The molecule has 0 fully saturated rings. The molecule has 0 radical (unpaired) electrons. The van der Waals surface area contributed by atoms with E-state index in [1.54, 1.807) is 7.11 Å². The van der Waals surface area contributed by atoms with E-state index in [4.69, 9.17) is 4.74 Å². The number of methoxy groups -OCH3 is 1. The molecule has 20 heavy (non-hydrogen) atoms. The Morgan fingerprint density at radius 3 is 2.80 bits per heavy atom. The van der Waals surface area contributed by atoms with Crippen LogP contribution in [0.1, 0.15) is 25.3 Å². The number of hydrogen-bond donors (Lipinski definition) is 1. The molecular weight excluding hydrogens is 248 g/mol. The van der Waals surface area contributed by atoms with Crippen molar-refractivity contribution in [1.29, 1.82) is 0 Å². The molecule has 0 bridgehead atoms. The second kappa shape index (κ2) is 6.58. The summed E-state index contributed by atoms with van der Waals surface area (Å²) in [6.45, 7) is 6.03. The lowest BCUT2D eigenvalue weighted by Crippen LogP contribution is -2.11. The zero-order valence-corrected chi connectivity index (χ0v) is 12.2. The molecule has 0 spiro atoms. The van der Waals surface area contributed by atoms with E-state index in [-0.39, 0.29) is 6.10 Å². The molecular formula is C18H22O2. The van der Waals surface area contributed by atoms with Crippen LogP contribution in [-0.2, 0) is 6.42 Å². The number of aliphatic hydroxyl groups excluding tert-OH is 1. The second-order valence-corrected chi connectivity index (χ2v) is 5.17. The lowest BCUT2D eigenvalue weighted by atomic mass is 9.96. The largest absolute Gasteiger partial charge is 0.497 e. The van der Waals surface area contributed by atoms with Gasteiger partial charge >= 0.3 is 0 Å². The van der Waals surface area contributed by atoms with Crippen LogP contribution in [0.5, 0.6) is 5.75 Å². The van der Waals surface area contributed by atoms with Crippen LogP contribution in [0, 0.1) is 0 Å². The van der Waals surface area contributed by atoms with Crippen LogP contribution in [0.25, 0.3) is 10.8 Å². The minimum atomic E-state index is -0.376. The van der Waals surface area contributed by atoms with Crippen molar-refractivity contribution in [2.24, 2.45) is 0 Å². The second-order valence-electron chi connectivity index (χ2n) is 5.17. The highest BCUT2D eigenvalue weighted by Crippen LogP contribution is 2.25. The zero-order valence-electron chi connectivity index (χ0n) is 12.2. The van der Waals surface area contributed by atoms with E-state index >= 15 is 0 Å². The van der Waals surface area contributed by atoms with Crippen molar-refractivity contribution >= 4 is 10.8 Å². The Kier molecular flexibility index (Phi) is 4.80. The fourth-order valence-corrected chi connectivity index (χ4v) is 2.43. The fraction of sp³-hybridized carbons (Fsp3) is 0.333. The van der Waals surface area contributed by atoms with E-state index in [0.717, 1.165) is 28.7 Å². The quantitative estimate of drug-likeness (QED) is 0.800. The van der Waals surface area contributed by atoms with Crippen LogP contribution in [0.4, 0.5) is 0 Å². The number of hydrogen-bond acceptors (Lipinski definition) is 2. The van der Waals surface area contributed by atoms with E-state index in [1.165, 1.54) is 5.39 Å². The van der Waals surface area contributed by atoms with Gasteiger partial charge in [0, 0.05) is 0 Å². The lowest BCUT2D eigenvalue weighted by molar-refractivity contribution is 0.175. The Morgan fingerprint density at radius 2 is 2.10 bits per heavy atom. The SMILES string of the molecule is C=C(CC)CC(O)Cc1cccc2ccc(OC)cc12. The molecule has 0 aliphatic heterocycles. The van der Waals surface area contributed by atoms with Gasteiger partial charge in [-0.1, -0.05) is 43.3 Å². The molecule has 0 aliphatic carbocycles. The molecule has 0 heterocycles. The zero-order chi connectivity index (χ0) is 14.5. The van der Waals surface area contributed by atoms with Crippen molar-refractivity contribution < 1.29 is 9.84 Å². The first-order valence-electron chi connectivity index (χ1n) is 7.04. The lowest BCUT2D eigenvalue weighted by Gasteiger charge is -2.14. The van der Waals surface area contributed by atoms with Gasteiger partial charge in [0.1, 0.15) is 5.75 Å². The van der Waals surface area contributed by atoms with Gasteiger partial charge in [0.05, 0.1) is 13.2 Å². The minimum absolute atomic E-state index is 0.376. The summed E-state index contributed by atoms with van der Waals surface area (Å²) < 4.78 is 5.29. The predicted octanol–water partition coefficient (Wildman–Crippen LogP) is 4.11. The Labute approximate surface area is 120 Å². The van der Waals surface area contributed by atoms with Crippen LogP contribution < -0.4 is 4.74 Å². The van der Waals surface area contributed by atoms with Crippen molar-refractivity contribution in [2.75, 3.05) is 7.11 Å². The number of ether oxygens (including phenoxy) is 1. The van der Waals surface area contributed by atoms with E-state index in [0.29, 0.717) is 12.8 Å². The molecule has 2 heteroatoms. The van der Waals surface area contributed by atoms with Crippen molar-refractivity contribution in [3.8, 4) is 5.75 Å². The normalized spacial score (nSPS) is 12.3. The number of benzene rings is 2. The maximum atomic E-state index is 10.2. The molecule has 2 aromatic carbocycles. The van der Waals surface area contributed by atoms with Gasteiger partial charge in [-0.2, -0.15) is 0 Å². The van der Waals surface area contributed by atoms with Crippen LogP contribution in [0.15, 0.2) is 48.6 Å².